The van der Waals surface area contributed by atoms with Gasteiger partial charge in [0.2, 0.25) is 0 Å². The average molecular weight is 317 g/mol. The van der Waals surface area contributed by atoms with Crippen molar-refractivity contribution >= 4 is 33.5 Å². The van der Waals surface area contributed by atoms with Crippen LogP contribution in [0.5, 0.6) is 0 Å². The molecule has 0 spiro atoms. The molecule has 98 valence electrons. The van der Waals surface area contributed by atoms with Gasteiger partial charge < -0.3 is 21.3 Å². The Labute approximate surface area is 112 Å². The van der Waals surface area contributed by atoms with E-state index in [1.165, 1.54) is 12.1 Å². The van der Waals surface area contributed by atoms with Crippen LogP contribution in [0.2, 0.25) is 0 Å². The number of nitrogens with one attached hydrogen (secondary N) is 1. The van der Waals surface area contributed by atoms with E-state index in [0.29, 0.717) is 10.2 Å². The smallest absolute Gasteiger partial charge is 0.326 e. The van der Waals surface area contributed by atoms with E-state index in [2.05, 4.69) is 21.2 Å². The average Bonchev–Trinajstić information content (AvgIpc) is 2.26. The zero-order valence-corrected chi connectivity index (χ0v) is 11.0. The van der Waals surface area contributed by atoms with E-state index < -0.39 is 17.9 Å². The molecule has 0 saturated carbocycles. The van der Waals surface area contributed by atoms with Gasteiger partial charge in [0.05, 0.1) is 0 Å². The highest BCUT2D eigenvalue weighted by atomic mass is 79.9. The van der Waals surface area contributed by atoms with Crippen LogP contribution < -0.4 is 11.1 Å². The molecule has 0 saturated heterocycles. The first-order chi connectivity index (χ1) is 8.43. The van der Waals surface area contributed by atoms with Crippen molar-refractivity contribution in [3.63, 3.8) is 0 Å². The van der Waals surface area contributed by atoms with Crippen LogP contribution in [0.3, 0.4) is 0 Å². The molecule has 0 radical (unpaired) electrons. The lowest BCUT2D eigenvalue weighted by atomic mass is 10.1. The third-order valence-electron chi connectivity index (χ3n) is 2.20. The number of aliphatic hydroxyl groups is 1. The minimum absolute atomic E-state index is 0.0510. The Morgan fingerprint density at radius 3 is 2.56 bits per heavy atom. The van der Waals surface area contributed by atoms with Crippen molar-refractivity contribution in [2.75, 3.05) is 12.3 Å². The van der Waals surface area contributed by atoms with Gasteiger partial charge in [0.1, 0.15) is 6.04 Å². The molecule has 1 amide bonds. The fraction of sp³-hybridized carbons (Fsp3) is 0.273. The molecule has 5 N–H and O–H groups in total. The van der Waals surface area contributed by atoms with E-state index in [4.69, 9.17) is 15.9 Å². The Balaban J connectivity index is 2.83. The predicted molar refractivity (Wildman–Crippen MR) is 69.1 cm³/mol. The first kappa shape index (κ1) is 14.5. The van der Waals surface area contributed by atoms with Gasteiger partial charge >= 0.3 is 5.97 Å². The third kappa shape index (κ3) is 4.01. The summed E-state index contributed by atoms with van der Waals surface area (Å²) in [6.07, 6.45) is -0.0510. The van der Waals surface area contributed by atoms with Gasteiger partial charge in [0.25, 0.3) is 5.91 Å². The van der Waals surface area contributed by atoms with Crippen LogP contribution in [0, 0.1) is 0 Å². The summed E-state index contributed by atoms with van der Waals surface area (Å²) in [4.78, 5) is 22.6. The molecule has 18 heavy (non-hydrogen) atoms. The third-order valence-corrected chi connectivity index (χ3v) is 2.66. The number of aliphatic hydroxyl groups excluding tert-OH is 1. The van der Waals surface area contributed by atoms with Crippen LogP contribution in [0.15, 0.2) is 22.7 Å². The lowest BCUT2D eigenvalue weighted by Crippen LogP contribution is -2.41. The van der Waals surface area contributed by atoms with E-state index in [1.807, 2.05) is 0 Å². The molecular weight excluding hydrogens is 304 g/mol. The summed E-state index contributed by atoms with van der Waals surface area (Å²) >= 11 is 3.19. The lowest BCUT2D eigenvalue weighted by Gasteiger charge is -2.13. The number of amides is 1. The number of halogens is 1. The summed E-state index contributed by atoms with van der Waals surface area (Å²) < 4.78 is 0.627. The molecule has 1 aromatic rings. The number of aliphatic carboxylic acids is 1. The fourth-order valence-electron chi connectivity index (χ4n) is 1.37. The summed E-state index contributed by atoms with van der Waals surface area (Å²) in [5, 5.41) is 19.9. The molecule has 7 heteroatoms. The molecule has 6 nitrogen and oxygen atoms in total. The first-order valence-electron chi connectivity index (χ1n) is 5.14. The minimum atomic E-state index is -1.19. The number of hydrogen-bond donors (Lipinski definition) is 4. The standard InChI is InChI=1S/C11H13BrN2O4/c12-7-3-6(4-8(13)5-7)10(16)14-9(1-2-15)11(17)18/h3-5,9,15H,1-2,13H2,(H,14,16)(H,17,18)/t9-/m1/s1. The van der Waals surface area contributed by atoms with Crippen LogP contribution >= 0.6 is 15.9 Å². The zero-order chi connectivity index (χ0) is 13.7. The lowest BCUT2D eigenvalue weighted by molar-refractivity contribution is -0.139. The molecule has 0 aromatic heterocycles. The number of carboxylic acid groups (broad SMARTS) is 1. The molecule has 0 heterocycles. The van der Waals surface area contributed by atoms with Crippen molar-refractivity contribution in [3.8, 4) is 0 Å². The number of anilines is 1. The van der Waals surface area contributed by atoms with Gasteiger partial charge in [0, 0.05) is 28.8 Å². The topological polar surface area (TPSA) is 113 Å². The number of carbonyl (C=O) groups excluding carboxylic acids is 1. The number of hydrogen-bond acceptors (Lipinski definition) is 4. The first-order valence-corrected chi connectivity index (χ1v) is 5.94. The zero-order valence-electron chi connectivity index (χ0n) is 9.39. The van der Waals surface area contributed by atoms with Gasteiger partial charge in [-0.3, -0.25) is 4.79 Å². The number of benzene rings is 1. The maximum Gasteiger partial charge on any atom is 0.326 e. The second-order valence-corrected chi connectivity index (χ2v) is 4.57. The predicted octanol–water partition coefficient (Wildman–Crippen LogP) is 0.597. The van der Waals surface area contributed by atoms with Gasteiger partial charge in [-0.15, -0.1) is 0 Å². The van der Waals surface area contributed by atoms with Gasteiger partial charge in [-0.05, 0) is 18.2 Å². The molecule has 1 aromatic carbocycles. The van der Waals surface area contributed by atoms with Gasteiger partial charge in [-0.25, -0.2) is 4.79 Å². The van der Waals surface area contributed by atoms with Crippen LogP contribution in [-0.4, -0.2) is 34.7 Å². The normalized spacial score (nSPS) is 11.9. The molecule has 1 atom stereocenters. The van der Waals surface area contributed by atoms with E-state index in [1.54, 1.807) is 6.07 Å². The second-order valence-electron chi connectivity index (χ2n) is 3.65. The summed E-state index contributed by atoms with van der Waals surface area (Å²) in [6, 6.07) is 3.48. The Hall–Kier alpha value is -1.60. The molecule has 0 fully saturated rings. The van der Waals surface area contributed by atoms with Crippen molar-refractivity contribution in [2.45, 2.75) is 12.5 Å². The second kappa shape index (κ2) is 6.36. The molecule has 0 unspecified atom stereocenters. The largest absolute Gasteiger partial charge is 0.480 e. The highest BCUT2D eigenvalue weighted by Crippen LogP contribution is 2.17. The van der Waals surface area contributed by atoms with Gasteiger partial charge in [0.15, 0.2) is 0 Å². The molecule has 0 bridgehead atoms. The number of nitrogens with two attached hydrogens (primary N) is 1. The molecule has 0 aliphatic carbocycles. The van der Waals surface area contributed by atoms with Gasteiger partial charge in [-0.2, -0.15) is 0 Å². The molecule has 0 aliphatic rings. The van der Waals surface area contributed by atoms with E-state index >= 15 is 0 Å². The van der Waals surface area contributed by atoms with Crippen LogP contribution in [0.25, 0.3) is 0 Å². The number of nitrogen functional groups attached to an aromatic ring is 1. The molecule has 0 aliphatic heterocycles. The van der Waals surface area contributed by atoms with Crippen molar-refractivity contribution in [3.05, 3.63) is 28.2 Å². The number of carboxylic acids is 1. The van der Waals surface area contributed by atoms with Gasteiger partial charge in [-0.1, -0.05) is 15.9 Å². The summed E-state index contributed by atoms with van der Waals surface area (Å²) in [7, 11) is 0. The Kier molecular flexibility index (Phi) is 5.11. The van der Waals surface area contributed by atoms with Crippen LogP contribution in [-0.2, 0) is 4.79 Å². The SMILES string of the molecule is Nc1cc(Br)cc(C(=O)N[C@H](CCO)C(=O)O)c1. The van der Waals surface area contributed by atoms with E-state index in [9.17, 15) is 9.59 Å². The Morgan fingerprint density at radius 2 is 2.06 bits per heavy atom. The van der Waals surface area contributed by atoms with Crippen molar-refractivity contribution in [1.29, 1.82) is 0 Å². The van der Waals surface area contributed by atoms with E-state index in [-0.39, 0.29) is 18.6 Å². The number of carbonyl (C=O) groups is 2. The Bertz CT molecular complexity index is 444. The van der Waals surface area contributed by atoms with Crippen molar-refractivity contribution < 1.29 is 19.8 Å². The molecular formula is C11H13BrN2O4. The Morgan fingerprint density at radius 1 is 1.39 bits per heavy atom. The number of rotatable bonds is 5. The highest BCUT2D eigenvalue weighted by Gasteiger charge is 2.20. The van der Waals surface area contributed by atoms with Crippen LogP contribution in [0.4, 0.5) is 5.69 Å². The summed E-state index contributed by atoms with van der Waals surface area (Å²) in [6.45, 7) is -0.322. The molecule has 1 rings (SSSR count). The maximum atomic E-state index is 11.8. The summed E-state index contributed by atoms with van der Waals surface area (Å²) in [5.74, 6) is -1.75. The maximum absolute atomic E-state index is 11.8. The quantitative estimate of drug-likeness (QED) is 0.594. The monoisotopic (exact) mass is 316 g/mol. The van der Waals surface area contributed by atoms with Crippen molar-refractivity contribution in [1.82, 2.24) is 5.32 Å². The minimum Gasteiger partial charge on any atom is -0.480 e. The van der Waals surface area contributed by atoms with E-state index in [0.717, 1.165) is 0 Å². The van der Waals surface area contributed by atoms with Crippen molar-refractivity contribution in [2.24, 2.45) is 0 Å². The fourth-order valence-corrected chi connectivity index (χ4v) is 1.88. The van der Waals surface area contributed by atoms with Crippen LogP contribution in [0.1, 0.15) is 16.8 Å². The highest BCUT2D eigenvalue weighted by molar-refractivity contribution is 9.10. The summed E-state index contributed by atoms with van der Waals surface area (Å²) in [5.41, 5.74) is 6.23.